The molecular formula is C11H11F3O. The highest BCUT2D eigenvalue weighted by Crippen LogP contribution is 2.19. The number of rotatable bonds is 4. The van der Waals surface area contributed by atoms with Crippen LogP contribution in [0.3, 0.4) is 0 Å². The van der Waals surface area contributed by atoms with Gasteiger partial charge in [-0.1, -0.05) is 25.5 Å². The second kappa shape index (κ2) is 5.44. The summed E-state index contributed by atoms with van der Waals surface area (Å²) in [5.74, 6) is 0.0696. The van der Waals surface area contributed by atoms with E-state index in [1.54, 1.807) is 12.1 Å². The van der Waals surface area contributed by atoms with Gasteiger partial charge in [-0.2, -0.15) is 13.2 Å². The molecule has 0 N–H and O–H groups in total. The fraction of sp³-hybridized carbons (Fsp3) is 0.273. The zero-order valence-electron chi connectivity index (χ0n) is 8.27. The molecule has 1 rings (SSSR count). The van der Waals surface area contributed by atoms with Crippen LogP contribution in [0.2, 0.25) is 0 Å². The first-order valence-electron chi connectivity index (χ1n) is 4.61. The van der Waals surface area contributed by atoms with E-state index in [2.05, 4.69) is 4.74 Å². The second-order valence-electron chi connectivity index (χ2n) is 3.03. The third kappa shape index (κ3) is 3.65. The third-order valence-corrected chi connectivity index (χ3v) is 1.82. The van der Waals surface area contributed by atoms with Crippen molar-refractivity contribution in [2.45, 2.75) is 19.8 Å². The monoisotopic (exact) mass is 216 g/mol. The van der Waals surface area contributed by atoms with Gasteiger partial charge in [0.15, 0.2) is 0 Å². The summed E-state index contributed by atoms with van der Waals surface area (Å²) in [6.07, 6.45) is -0.559. The lowest BCUT2D eigenvalue weighted by Crippen LogP contribution is -1.91. The highest BCUT2D eigenvalue weighted by atomic mass is 19.3. The summed E-state index contributed by atoms with van der Waals surface area (Å²) in [4.78, 5) is 0. The molecule has 0 heterocycles. The SMILES string of the molecule is CCCc1ccc(OC(F)=C(F)F)cc1. The fourth-order valence-electron chi connectivity index (χ4n) is 1.15. The Hall–Kier alpha value is -1.45. The summed E-state index contributed by atoms with van der Waals surface area (Å²) in [6.45, 7) is 2.03. The summed E-state index contributed by atoms with van der Waals surface area (Å²) >= 11 is 0. The van der Waals surface area contributed by atoms with Gasteiger partial charge in [0.2, 0.25) is 0 Å². The predicted octanol–water partition coefficient (Wildman–Crippen LogP) is 4.05. The van der Waals surface area contributed by atoms with Crippen LogP contribution in [0, 0.1) is 0 Å². The van der Waals surface area contributed by atoms with Crippen molar-refractivity contribution in [1.82, 2.24) is 0 Å². The van der Waals surface area contributed by atoms with E-state index in [9.17, 15) is 13.2 Å². The van der Waals surface area contributed by atoms with E-state index in [0.717, 1.165) is 18.4 Å². The minimum atomic E-state index is -2.45. The molecule has 0 aromatic heterocycles. The molecule has 0 saturated carbocycles. The number of hydrogen-bond acceptors (Lipinski definition) is 1. The van der Waals surface area contributed by atoms with E-state index >= 15 is 0 Å². The van der Waals surface area contributed by atoms with Crippen LogP contribution in [0.15, 0.2) is 36.4 Å². The lowest BCUT2D eigenvalue weighted by Gasteiger charge is -2.03. The first kappa shape index (κ1) is 11.6. The molecule has 0 unspecified atom stereocenters. The Balaban J connectivity index is 2.69. The van der Waals surface area contributed by atoms with Crippen molar-refractivity contribution >= 4 is 0 Å². The maximum atomic E-state index is 12.4. The molecule has 0 amide bonds. The van der Waals surface area contributed by atoms with Crippen molar-refractivity contribution in [2.24, 2.45) is 0 Å². The summed E-state index contributed by atoms with van der Waals surface area (Å²) < 4.78 is 40.0. The second-order valence-corrected chi connectivity index (χ2v) is 3.03. The summed E-state index contributed by atoms with van der Waals surface area (Å²) in [6, 6.07) is 4.53. The summed E-state index contributed by atoms with van der Waals surface area (Å²) in [7, 11) is 0. The molecule has 0 fully saturated rings. The van der Waals surface area contributed by atoms with Crippen molar-refractivity contribution in [3.8, 4) is 5.75 Å². The Morgan fingerprint density at radius 3 is 2.20 bits per heavy atom. The van der Waals surface area contributed by atoms with Crippen LogP contribution in [-0.4, -0.2) is 0 Å². The number of halogens is 3. The number of benzene rings is 1. The molecule has 0 aliphatic heterocycles. The van der Waals surface area contributed by atoms with Gasteiger partial charge < -0.3 is 4.74 Å². The van der Waals surface area contributed by atoms with Gasteiger partial charge in [-0.15, -0.1) is 0 Å². The van der Waals surface area contributed by atoms with Gasteiger partial charge >= 0.3 is 12.1 Å². The van der Waals surface area contributed by atoms with Gasteiger partial charge in [-0.25, -0.2) is 0 Å². The van der Waals surface area contributed by atoms with Crippen molar-refractivity contribution < 1.29 is 17.9 Å². The molecule has 0 spiro atoms. The molecule has 0 aliphatic rings. The Morgan fingerprint density at radius 2 is 1.73 bits per heavy atom. The average Bonchev–Trinajstić information content (AvgIpc) is 2.21. The van der Waals surface area contributed by atoms with Crippen LogP contribution < -0.4 is 4.74 Å². The Bertz CT molecular complexity index is 339. The van der Waals surface area contributed by atoms with Gasteiger partial charge in [-0.3, -0.25) is 0 Å². The third-order valence-electron chi connectivity index (χ3n) is 1.82. The maximum absolute atomic E-state index is 12.4. The number of aryl methyl sites for hydroxylation is 1. The number of hydrogen-bond donors (Lipinski definition) is 0. The Kier molecular flexibility index (Phi) is 4.21. The van der Waals surface area contributed by atoms with Crippen LogP contribution in [0.4, 0.5) is 13.2 Å². The van der Waals surface area contributed by atoms with Gasteiger partial charge in [0.1, 0.15) is 5.75 Å². The Morgan fingerprint density at radius 1 is 1.13 bits per heavy atom. The molecule has 1 aromatic carbocycles. The van der Waals surface area contributed by atoms with Crippen molar-refractivity contribution in [3.63, 3.8) is 0 Å². The van der Waals surface area contributed by atoms with Crippen molar-refractivity contribution in [2.75, 3.05) is 0 Å². The average molecular weight is 216 g/mol. The molecule has 0 atom stereocenters. The van der Waals surface area contributed by atoms with E-state index in [4.69, 9.17) is 0 Å². The largest absolute Gasteiger partial charge is 0.428 e. The summed E-state index contributed by atoms with van der Waals surface area (Å²) in [5, 5.41) is 0. The van der Waals surface area contributed by atoms with Crippen LogP contribution in [0.1, 0.15) is 18.9 Å². The van der Waals surface area contributed by atoms with Crippen molar-refractivity contribution in [1.29, 1.82) is 0 Å². The standard InChI is InChI=1S/C11H11F3O/c1-2-3-8-4-6-9(7-5-8)15-11(14)10(12)13/h4-7H,2-3H2,1H3. The van der Waals surface area contributed by atoms with E-state index < -0.39 is 12.1 Å². The molecule has 0 bridgehead atoms. The van der Waals surface area contributed by atoms with E-state index in [-0.39, 0.29) is 5.75 Å². The molecule has 82 valence electrons. The molecule has 4 heteroatoms. The lowest BCUT2D eigenvalue weighted by molar-refractivity contribution is 0.241. The zero-order valence-corrected chi connectivity index (χ0v) is 8.27. The zero-order chi connectivity index (χ0) is 11.3. The molecule has 1 aromatic rings. The fourth-order valence-corrected chi connectivity index (χ4v) is 1.15. The van der Waals surface area contributed by atoms with Crippen LogP contribution >= 0.6 is 0 Å². The van der Waals surface area contributed by atoms with Gasteiger partial charge in [0.25, 0.3) is 0 Å². The molecular weight excluding hydrogens is 205 g/mol. The quantitative estimate of drug-likeness (QED) is 0.690. The van der Waals surface area contributed by atoms with E-state index in [1.807, 2.05) is 6.92 Å². The first-order chi connectivity index (χ1) is 7.13. The van der Waals surface area contributed by atoms with Crippen LogP contribution in [-0.2, 0) is 6.42 Å². The van der Waals surface area contributed by atoms with Gasteiger partial charge in [0, 0.05) is 0 Å². The minimum absolute atomic E-state index is 0.0696. The van der Waals surface area contributed by atoms with Crippen molar-refractivity contribution in [3.05, 3.63) is 41.9 Å². The maximum Gasteiger partial charge on any atom is 0.344 e. The first-order valence-corrected chi connectivity index (χ1v) is 4.61. The van der Waals surface area contributed by atoms with Crippen LogP contribution in [0.5, 0.6) is 5.75 Å². The number of ether oxygens (including phenoxy) is 1. The minimum Gasteiger partial charge on any atom is -0.428 e. The molecule has 0 aliphatic carbocycles. The highest BCUT2D eigenvalue weighted by Gasteiger charge is 2.07. The molecule has 1 nitrogen and oxygen atoms in total. The Labute approximate surface area is 86.2 Å². The van der Waals surface area contributed by atoms with E-state index in [1.165, 1.54) is 12.1 Å². The lowest BCUT2D eigenvalue weighted by atomic mass is 10.1. The highest BCUT2D eigenvalue weighted by molar-refractivity contribution is 5.28. The van der Waals surface area contributed by atoms with Crippen LogP contribution in [0.25, 0.3) is 0 Å². The predicted molar refractivity (Wildman–Crippen MR) is 51.4 cm³/mol. The molecule has 0 saturated heterocycles. The van der Waals surface area contributed by atoms with E-state index in [0.29, 0.717) is 0 Å². The van der Waals surface area contributed by atoms with Gasteiger partial charge in [-0.05, 0) is 24.1 Å². The smallest absolute Gasteiger partial charge is 0.344 e. The molecule has 15 heavy (non-hydrogen) atoms. The topological polar surface area (TPSA) is 9.23 Å². The summed E-state index contributed by atoms with van der Waals surface area (Å²) in [5.41, 5.74) is 1.06. The normalized spacial score (nSPS) is 9.87. The molecule has 0 radical (unpaired) electrons. The van der Waals surface area contributed by atoms with Gasteiger partial charge in [0.05, 0.1) is 0 Å².